The van der Waals surface area contributed by atoms with Crippen molar-refractivity contribution in [3.63, 3.8) is 0 Å². The maximum atomic E-state index is 12.4. The van der Waals surface area contributed by atoms with E-state index in [1.165, 1.54) is 0 Å². The van der Waals surface area contributed by atoms with E-state index >= 15 is 0 Å². The van der Waals surface area contributed by atoms with Crippen molar-refractivity contribution < 1.29 is 45.6 Å². The lowest BCUT2D eigenvalue weighted by Crippen LogP contribution is -2.46. The van der Waals surface area contributed by atoms with E-state index in [0.717, 1.165) is 0 Å². The van der Waals surface area contributed by atoms with E-state index < -0.39 is 39.2 Å². The van der Waals surface area contributed by atoms with Crippen LogP contribution in [0.15, 0.2) is 0 Å². The monoisotopic (exact) mass is 682 g/mol. The van der Waals surface area contributed by atoms with Crippen molar-refractivity contribution >= 4 is 61.4 Å². The maximum absolute atomic E-state index is 12.4. The molecule has 0 N–H and O–H groups in total. The van der Waals surface area contributed by atoms with Gasteiger partial charge in [0, 0.05) is 51.7 Å². The summed E-state index contributed by atoms with van der Waals surface area (Å²) in [7, 11) is -5.59. The first-order valence-electron chi connectivity index (χ1n) is 12.6. The minimum absolute atomic E-state index is 0.149. The lowest BCUT2D eigenvalue weighted by atomic mass is 10.3. The van der Waals surface area contributed by atoms with Gasteiger partial charge in [-0.2, -0.15) is 0 Å². The summed E-state index contributed by atoms with van der Waals surface area (Å²) in [5.74, 6) is -1.14. The highest BCUT2D eigenvalue weighted by molar-refractivity contribution is 9.12. The van der Waals surface area contributed by atoms with E-state index in [2.05, 4.69) is 31.9 Å². The number of hydrogen-bond donors (Lipinski definition) is 0. The highest BCUT2D eigenvalue weighted by Gasteiger charge is 2.41. The lowest BCUT2D eigenvalue weighted by Gasteiger charge is -2.28. The second-order valence-corrected chi connectivity index (χ2v) is 14.7. The van der Waals surface area contributed by atoms with Crippen LogP contribution in [0.25, 0.3) is 0 Å². The first-order chi connectivity index (χ1) is 17.2. The van der Waals surface area contributed by atoms with Crippen LogP contribution >= 0.6 is 31.9 Å². The van der Waals surface area contributed by atoms with Crippen LogP contribution in [0.2, 0.25) is 12.1 Å². The van der Waals surface area contributed by atoms with Gasteiger partial charge in [-0.05, 0) is 54.4 Å². The van der Waals surface area contributed by atoms with Crippen LogP contribution in [0.5, 0.6) is 0 Å². The topological polar surface area (TPSA) is 108 Å². The van der Waals surface area contributed by atoms with Gasteiger partial charge in [-0.3, -0.25) is 9.59 Å². The fraction of sp³-hybridized carbons (Fsp3) is 0.909. The average Bonchev–Trinajstić information content (AvgIpc) is 2.84. The van der Waals surface area contributed by atoms with E-state index in [4.69, 9.17) is 36.0 Å². The number of halogens is 2. The summed E-state index contributed by atoms with van der Waals surface area (Å²) in [4.78, 5) is 23.1. The Morgan fingerprint density at radius 1 is 0.556 bits per heavy atom. The molecule has 0 aliphatic carbocycles. The molecular formula is C22H44Br2O10Si2. The standard InChI is InChI=1S/C22H44Br2O10Si2/c1-7-29-35(30-8-2,31-9-3)17-13-15-27-21(25)19(23)20(24)22(26)28-16-14-18-36(32-10-4,33-11-5)34-12-6/h19-20H,7-18H2,1-6H3. The molecule has 36 heavy (non-hydrogen) atoms. The molecule has 10 nitrogen and oxygen atoms in total. The molecule has 0 saturated heterocycles. The Morgan fingerprint density at radius 2 is 0.806 bits per heavy atom. The smallest absolute Gasteiger partial charge is 0.465 e. The first kappa shape index (κ1) is 36.1. The molecule has 0 fully saturated rings. The van der Waals surface area contributed by atoms with Gasteiger partial charge < -0.3 is 36.0 Å². The fourth-order valence-electron chi connectivity index (χ4n) is 3.32. The van der Waals surface area contributed by atoms with E-state index in [1.807, 2.05) is 41.5 Å². The quantitative estimate of drug-likeness (QED) is 0.0662. The molecule has 0 spiro atoms. The zero-order valence-corrected chi connectivity index (χ0v) is 27.7. The van der Waals surface area contributed by atoms with Crippen LogP contribution in [0.1, 0.15) is 54.4 Å². The van der Waals surface area contributed by atoms with Gasteiger partial charge in [-0.1, -0.05) is 31.9 Å². The van der Waals surface area contributed by atoms with Crippen LogP contribution in [0.3, 0.4) is 0 Å². The second kappa shape index (κ2) is 21.0. The minimum atomic E-state index is -2.79. The third-order valence-corrected chi connectivity index (χ3v) is 13.5. The molecule has 0 heterocycles. The Labute approximate surface area is 235 Å². The molecule has 0 aromatic rings. The van der Waals surface area contributed by atoms with Gasteiger partial charge >= 0.3 is 29.5 Å². The Hall–Kier alpha value is 0.0938. The second-order valence-electron chi connectivity index (χ2n) is 7.31. The molecule has 14 heteroatoms. The van der Waals surface area contributed by atoms with Crippen LogP contribution in [0.4, 0.5) is 0 Å². The van der Waals surface area contributed by atoms with Gasteiger partial charge in [-0.15, -0.1) is 0 Å². The largest absolute Gasteiger partial charge is 0.501 e. The van der Waals surface area contributed by atoms with Crippen molar-refractivity contribution in [1.82, 2.24) is 0 Å². The van der Waals surface area contributed by atoms with Gasteiger partial charge in [0.1, 0.15) is 9.65 Å². The van der Waals surface area contributed by atoms with Gasteiger partial charge in [0.15, 0.2) is 0 Å². The third kappa shape index (κ3) is 13.8. The molecule has 0 aromatic heterocycles. The molecule has 0 aromatic carbocycles. The molecule has 0 saturated carbocycles. The molecular weight excluding hydrogens is 640 g/mol. The number of esters is 2. The maximum Gasteiger partial charge on any atom is 0.501 e. The predicted octanol–water partition coefficient (Wildman–Crippen LogP) is 4.48. The van der Waals surface area contributed by atoms with Crippen LogP contribution in [-0.4, -0.2) is 92.1 Å². The van der Waals surface area contributed by atoms with Gasteiger partial charge in [0.2, 0.25) is 0 Å². The number of carbonyl (C=O) groups is 2. The number of carbonyl (C=O) groups excluding carboxylic acids is 2. The molecule has 0 aliphatic heterocycles. The molecule has 0 bridgehead atoms. The van der Waals surface area contributed by atoms with Crippen molar-refractivity contribution in [2.24, 2.45) is 0 Å². The molecule has 0 radical (unpaired) electrons. The minimum Gasteiger partial charge on any atom is -0.465 e. The van der Waals surface area contributed by atoms with Crippen LogP contribution < -0.4 is 0 Å². The van der Waals surface area contributed by atoms with Crippen LogP contribution in [0, 0.1) is 0 Å². The van der Waals surface area contributed by atoms with Crippen molar-refractivity contribution in [3.05, 3.63) is 0 Å². The third-order valence-electron chi connectivity index (χ3n) is 4.64. The zero-order chi connectivity index (χ0) is 27.5. The summed E-state index contributed by atoms with van der Waals surface area (Å²) in [6, 6.07) is 1.05. The highest BCUT2D eigenvalue weighted by atomic mass is 79.9. The number of hydrogen-bond acceptors (Lipinski definition) is 10. The van der Waals surface area contributed by atoms with E-state index in [0.29, 0.717) is 64.6 Å². The Morgan fingerprint density at radius 3 is 1.03 bits per heavy atom. The van der Waals surface area contributed by atoms with Crippen molar-refractivity contribution in [1.29, 1.82) is 0 Å². The predicted molar refractivity (Wildman–Crippen MR) is 147 cm³/mol. The van der Waals surface area contributed by atoms with E-state index in [9.17, 15) is 9.59 Å². The van der Waals surface area contributed by atoms with Crippen LogP contribution in [-0.2, 0) is 45.6 Å². The Balaban J connectivity index is 4.58. The summed E-state index contributed by atoms with van der Waals surface area (Å²) in [5.41, 5.74) is 0. The van der Waals surface area contributed by atoms with Crippen molar-refractivity contribution in [2.45, 2.75) is 76.1 Å². The molecule has 0 amide bonds. The van der Waals surface area contributed by atoms with Gasteiger partial charge in [0.25, 0.3) is 0 Å². The summed E-state index contributed by atoms with van der Waals surface area (Å²) < 4.78 is 45.5. The van der Waals surface area contributed by atoms with Gasteiger partial charge in [0.05, 0.1) is 13.2 Å². The van der Waals surface area contributed by atoms with E-state index in [1.54, 1.807) is 0 Å². The summed E-state index contributed by atoms with van der Waals surface area (Å²) in [6.45, 7) is 14.5. The fourth-order valence-corrected chi connectivity index (χ4v) is 9.18. The van der Waals surface area contributed by atoms with Crippen molar-refractivity contribution in [2.75, 3.05) is 52.9 Å². The number of ether oxygens (including phenoxy) is 2. The zero-order valence-electron chi connectivity index (χ0n) is 22.5. The molecule has 2 unspecified atom stereocenters. The number of rotatable bonds is 23. The number of alkyl halides is 2. The van der Waals surface area contributed by atoms with Gasteiger partial charge in [-0.25, -0.2) is 0 Å². The molecule has 214 valence electrons. The highest BCUT2D eigenvalue weighted by Crippen LogP contribution is 2.22. The SMILES string of the molecule is CCO[Si](CCCOC(=O)C(Br)C(Br)C(=O)OCCC[Si](OCC)(OCC)OCC)(OCC)OCC. The Kier molecular flexibility index (Phi) is 21.0. The molecule has 0 aliphatic rings. The lowest BCUT2D eigenvalue weighted by molar-refractivity contribution is -0.148. The normalized spacial score (nSPS) is 13.9. The van der Waals surface area contributed by atoms with E-state index in [-0.39, 0.29) is 13.2 Å². The van der Waals surface area contributed by atoms with Crippen molar-refractivity contribution in [3.8, 4) is 0 Å². The first-order valence-corrected chi connectivity index (χ1v) is 18.3. The summed E-state index contributed by atoms with van der Waals surface area (Å²) >= 11 is 6.47. The molecule has 0 rings (SSSR count). The summed E-state index contributed by atoms with van der Waals surface area (Å²) in [5, 5.41) is 0. The Bertz CT molecular complexity index is 519. The summed E-state index contributed by atoms with van der Waals surface area (Å²) in [6.07, 6.45) is 1.03. The average molecular weight is 685 g/mol. The molecule has 2 atom stereocenters.